The van der Waals surface area contributed by atoms with Crippen molar-refractivity contribution in [2.45, 2.75) is 25.7 Å². The number of halogens is 1. The van der Waals surface area contributed by atoms with Crippen LogP contribution in [0.15, 0.2) is 18.2 Å². The fraction of sp³-hybridized carbons (Fsp3) is 0.462. The summed E-state index contributed by atoms with van der Waals surface area (Å²) < 4.78 is 18.7. The molecule has 94 valence electrons. The molecule has 0 aromatic heterocycles. The maximum absolute atomic E-state index is 13.4. The number of aldehydes is 1. The van der Waals surface area contributed by atoms with Crippen LogP contribution in [-0.4, -0.2) is 19.4 Å². The molecule has 0 fully saturated rings. The standard InChI is InChI=1S/C13H18FNO2/c14-12-9-11(10-16)5-6-13(12)17-8-4-2-1-3-7-15/h5-6,9-10H,1-4,7-8,15H2. The topological polar surface area (TPSA) is 52.3 Å². The summed E-state index contributed by atoms with van der Waals surface area (Å²) in [5, 5.41) is 0. The molecule has 1 rings (SSSR count). The lowest BCUT2D eigenvalue weighted by Gasteiger charge is -2.07. The highest BCUT2D eigenvalue weighted by Gasteiger charge is 2.03. The molecule has 0 bridgehead atoms. The Bertz CT molecular complexity index is 355. The fourth-order valence-corrected chi connectivity index (χ4v) is 1.49. The Labute approximate surface area is 101 Å². The predicted molar refractivity (Wildman–Crippen MR) is 64.8 cm³/mol. The average molecular weight is 239 g/mol. The zero-order valence-electron chi connectivity index (χ0n) is 9.82. The molecule has 3 nitrogen and oxygen atoms in total. The number of carbonyl (C=O) groups excluding carboxylic acids is 1. The van der Waals surface area contributed by atoms with Crippen LogP contribution in [0.2, 0.25) is 0 Å². The van der Waals surface area contributed by atoms with Gasteiger partial charge < -0.3 is 10.5 Å². The van der Waals surface area contributed by atoms with Gasteiger partial charge in [-0.05, 0) is 37.6 Å². The van der Waals surface area contributed by atoms with Crippen LogP contribution < -0.4 is 10.5 Å². The van der Waals surface area contributed by atoms with Crippen molar-refractivity contribution in [1.82, 2.24) is 0 Å². The highest BCUT2D eigenvalue weighted by atomic mass is 19.1. The van der Waals surface area contributed by atoms with Gasteiger partial charge in [-0.25, -0.2) is 4.39 Å². The minimum atomic E-state index is -0.489. The smallest absolute Gasteiger partial charge is 0.165 e. The van der Waals surface area contributed by atoms with Gasteiger partial charge in [0.2, 0.25) is 0 Å². The quantitative estimate of drug-likeness (QED) is 0.560. The minimum Gasteiger partial charge on any atom is -0.491 e. The molecule has 0 spiro atoms. The number of nitrogens with two attached hydrogens (primary N) is 1. The first-order valence-corrected chi connectivity index (χ1v) is 5.85. The summed E-state index contributed by atoms with van der Waals surface area (Å²) in [5.74, 6) is -0.286. The summed E-state index contributed by atoms with van der Waals surface area (Å²) in [6.07, 6.45) is 4.62. The molecule has 4 heteroatoms. The second-order valence-corrected chi connectivity index (χ2v) is 3.86. The van der Waals surface area contributed by atoms with E-state index in [0.29, 0.717) is 25.0 Å². The monoisotopic (exact) mass is 239 g/mol. The van der Waals surface area contributed by atoms with Gasteiger partial charge in [0.15, 0.2) is 11.6 Å². The summed E-state index contributed by atoms with van der Waals surface area (Å²) in [7, 11) is 0. The van der Waals surface area contributed by atoms with Crippen molar-refractivity contribution in [2.75, 3.05) is 13.2 Å². The first-order chi connectivity index (χ1) is 8.27. The SMILES string of the molecule is NCCCCCCOc1ccc(C=O)cc1F. The first-order valence-electron chi connectivity index (χ1n) is 5.85. The maximum atomic E-state index is 13.4. The lowest BCUT2D eigenvalue weighted by Crippen LogP contribution is -2.01. The van der Waals surface area contributed by atoms with E-state index in [1.54, 1.807) is 6.07 Å². The van der Waals surface area contributed by atoms with Gasteiger partial charge in [0.25, 0.3) is 0 Å². The van der Waals surface area contributed by atoms with Gasteiger partial charge in [0, 0.05) is 5.56 Å². The van der Waals surface area contributed by atoms with Crippen LogP contribution in [-0.2, 0) is 0 Å². The second kappa shape index (κ2) is 7.79. The Balaban J connectivity index is 2.29. The van der Waals surface area contributed by atoms with Crippen LogP contribution >= 0.6 is 0 Å². The Morgan fingerprint density at radius 3 is 2.65 bits per heavy atom. The molecule has 0 atom stereocenters. The van der Waals surface area contributed by atoms with Gasteiger partial charge in [-0.15, -0.1) is 0 Å². The second-order valence-electron chi connectivity index (χ2n) is 3.86. The molecule has 0 aliphatic carbocycles. The van der Waals surface area contributed by atoms with Gasteiger partial charge >= 0.3 is 0 Å². The Hall–Kier alpha value is -1.42. The summed E-state index contributed by atoms with van der Waals surface area (Å²) >= 11 is 0. The number of benzene rings is 1. The van der Waals surface area contributed by atoms with Crippen molar-refractivity contribution < 1.29 is 13.9 Å². The summed E-state index contributed by atoms with van der Waals surface area (Å²) in [6.45, 7) is 1.20. The van der Waals surface area contributed by atoms with Crippen LogP contribution in [0.4, 0.5) is 4.39 Å². The largest absolute Gasteiger partial charge is 0.491 e. The normalized spacial score (nSPS) is 10.2. The third-order valence-corrected chi connectivity index (χ3v) is 2.45. The highest BCUT2D eigenvalue weighted by molar-refractivity contribution is 5.74. The minimum absolute atomic E-state index is 0.203. The lowest BCUT2D eigenvalue weighted by atomic mass is 10.2. The van der Waals surface area contributed by atoms with Crippen molar-refractivity contribution in [3.63, 3.8) is 0 Å². The number of hydrogen-bond donors (Lipinski definition) is 1. The summed E-state index contributed by atoms with van der Waals surface area (Å²) in [5.41, 5.74) is 5.69. The third-order valence-electron chi connectivity index (χ3n) is 2.45. The Morgan fingerprint density at radius 2 is 2.00 bits per heavy atom. The van der Waals surface area contributed by atoms with E-state index >= 15 is 0 Å². The van der Waals surface area contributed by atoms with E-state index in [0.717, 1.165) is 25.7 Å². The van der Waals surface area contributed by atoms with E-state index in [-0.39, 0.29) is 5.75 Å². The number of hydrogen-bond acceptors (Lipinski definition) is 3. The molecule has 0 amide bonds. The number of rotatable bonds is 8. The van der Waals surface area contributed by atoms with E-state index in [9.17, 15) is 9.18 Å². The number of ether oxygens (including phenoxy) is 1. The zero-order chi connectivity index (χ0) is 12.5. The molecule has 1 aromatic rings. The molecule has 0 aliphatic heterocycles. The predicted octanol–water partition coefficient (Wildman–Crippen LogP) is 2.54. The molecular formula is C13H18FNO2. The van der Waals surface area contributed by atoms with E-state index in [4.69, 9.17) is 10.5 Å². The van der Waals surface area contributed by atoms with Crippen LogP contribution in [0, 0.1) is 5.82 Å². The van der Waals surface area contributed by atoms with Crippen molar-refractivity contribution in [1.29, 1.82) is 0 Å². The third kappa shape index (κ3) is 4.95. The molecule has 17 heavy (non-hydrogen) atoms. The van der Waals surface area contributed by atoms with Gasteiger partial charge in [-0.1, -0.05) is 12.8 Å². The molecule has 0 unspecified atom stereocenters. The molecule has 0 radical (unpaired) electrons. The van der Waals surface area contributed by atoms with Crippen LogP contribution in [0.1, 0.15) is 36.0 Å². The van der Waals surface area contributed by atoms with Crippen molar-refractivity contribution in [3.05, 3.63) is 29.6 Å². The van der Waals surface area contributed by atoms with Crippen molar-refractivity contribution in [2.24, 2.45) is 5.73 Å². The Kier molecular flexibility index (Phi) is 6.25. The van der Waals surface area contributed by atoms with Crippen molar-refractivity contribution >= 4 is 6.29 Å². The van der Waals surface area contributed by atoms with Crippen LogP contribution in [0.25, 0.3) is 0 Å². The first kappa shape index (κ1) is 13.6. The number of carbonyl (C=O) groups is 1. The fourth-order valence-electron chi connectivity index (χ4n) is 1.49. The molecule has 0 heterocycles. The van der Waals surface area contributed by atoms with Crippen LogP contribution in [0.5, 0.6) is 5.75 Å². The van der Waals surface area contributed by atoms with Gasteiger partial charge in [-0.3, -0.25) is 4.79 Å². The zero-order valence-corrected chi connectivity index (χ0v) is 9.82. The van der Waals surface area contributed by atoms with E-state index in [1.807, 2.05) is 0 Å². The molecule has 1 aromatic carbocycles. The van der Waals surface area contributed by atoms with Gasteiger partial charge in [-0.2, -0.15) is 0 Å². The lowest BCUT2D eigenvalue weighted by molar-refractivity contribution is 0.112. The average Bonchev–Trinajstić information content (AvgIpc) is 2.35. The summed E-state index contributed by atoms with van der Waals surface area (Å²) in [6, 6.07) is 4.20. The van der Waals surface area contributed by atoms with Crippen molar-refractivity contribution in [3.8, 4) is 5.75 Å². The molecule has 0 saturated carbocycles. The van der Waals surface area contributed by atoms with Crippen LogP contribution in [0.3, 0.4) is 0 Å². The summed E-state index contributed by atoms with van der Waals surface area (Å²) in [4.78, 5) is 10.4. The number of unbranched alkanes of at least 4 members (excludes halogenated alkanes) is 3. The molecule has 0 aliphatic rings. The maximum Gasteiger partial charge on any atom is 0.165 e. The highest BCUT2D eigenvalue weighted by Crippen LogP contribution is 2.18. The molecule has 2 N–H and O–H groups in total. The van der Waals surface area contributed by atoms with E-state index in [2.05, 4.69) is 0 Å². The van der Waals surface area contributed by atoms with Gasteiger partial charge in [0.1, 0.15) is 6.29 Å². The van der Waals surface area contributed by atoms with Gasteiger partial charge in [0.05, 0.1) is 6.61 Å². The molecule has 0 saturated heterocycles. The van der Waals surface area contributed by atoms with E-state index in [1.165, 1.54) is 12.1 Å². The van der Waals surface area contributed by atoms with E-state index < -0.39 is 5.82 Å². The molecular weight excluding hydrogens is 221 g/mol. The Morgan fingerprint density at radius 1 is 1.24 bits per heavy atom.